The Balaban J connectivity index is 1.35. The zero-order chi connectivity index (χ0) is 29.4. The van der Waals surface area contributed by atoms with Crippen LogP contribution in [0.2, 0.25) is 0 Å². The van der Waals surface area contributed by atoms with Crippen LogP contribution in [0.1, 0.15) is 18.5 Å². The van der Waals surface area contributed by atoms with Crippen LogP contribution in [0.25, 0.3) is 22.0 Å². The molecule has 0 unspecified atom stereocenters. The van der Waals surface area contributed by atoms with Crippen molar-refractivity contribution in [2.45, 2.75) is 30.3 Å². The van der Waals surface area contributed by atoms with Gasteiger partial charge < -0.3 is 19.0 Å². The average Bonchev–Trinajstić information content (AvgIpc) is 3.41. The fourth-order valence-electron chi connectivity index (χ4n) is 5.95. The second kappa shape index (κ2) is 11.6. The van der Waals surface area contributed by atoms with Crippen molar-refractivity contribution >= 4 is 20.7 Å². The summed E-state index contributed by atoms with van der Waals surface area (Å²) in [4.78, 5) is 21.6. The van der Waals surface area contributed by atoms with Crippen molar-refractivity contribution in [2.75, 3.05) is 45.6 Å². The molecule has 6 rings (SSSR count). The van der Waals surface area contributed by atoms with Gasteiger partial charge in [0, 0.05) is 93.7 Å². The fourth-order valence-corrected chi connectivity index (χ4v) is 6.60. The molecule has 2 aliphatic heterocycles. The SMILES string of the molecule is Cn1cc(-c2cc(S(C)(=O)=O)ccc2Oc2ccccc2F)c2cc(CN3CCN(C4CCOCC4)CC3)[nH]c2c1=O. The molecule has 9 nitrogen and oxygen atoms in total. The van der Waals surface area contributed by atoms with E-state index in [2.05, 4.69) is 14.8 Å². The second-order valence-electron chi connectivity index (χ2n) is 11.2. The van der Waals surface area contributed by atoms with Gasteiger partial charge in [-0.25, -0.2) is 12.8 Å². The molecule has 0 bridgehead atoms. The van der Waals surface area contributed by atoms with Crippen LogP contribution in [0.5, 0.6) is 11.5 Å². The number of ether oxygens (including phenoxy) is 2. The Morgan fingerprint density at radius 3 is 2.45 bits per heavy atom. The van der Waals surface area contributed by atoms with Crippen molar-refractivity contribution in [1.82, 2.24) is 19.4 Å². The number of halogens is 1. The summed E-state index contributed by atoms with van der Waals surface area (Å²) in [6.45, 7) is 6.15. The van der Waals surface area contributed by atoms with Gasteiger partial charge in [-0.15, -0.1) is 0 Å². The molecule has 2 saturated heterocycles. The summed E-state index contributed by atoms with van der Waals surface area (Å²) >= 11 is 0. The Hall–Kier alpha value is -3.51. The molecular formula is C31H35FN4O5S. The zero-order valence-electron chi connectivity index (χ0n) is 23.8. The van der Waals surface area contributed by atoms with Crippen LogP contribution < -0.4 is 10.3 Å². The topological polar surface area (TPSA) is 96.9 Å². The van der Waals surface area contributed by atoms with Crippen molar-refractivity contribution < 1.29 is 22.3 Å². The van der Waals surface area contributed by atoms with E-state index in [4.69, 9.17) is 9.47 Å². The van der Waals surface area contributed by atoms with E-state index in [1.807, 2.05) is 6.07 Å². The smallest absolute Gasteiger partial charge is 0.274 e. The molecule has 0 atom stereocenters. The monoisotopic (exact) mass is 594 g/mol. The Morgan fingerprint density at radius 2 is 1.74 bits per heavy atom. The van der Waals surface area contributed by atoms with Crippen LogP contribution in [0.15, 0.2) is 64.4 Å². The number of nitrogens with zero attached hydrogens (tertiary/aromatic N) is 3. The highest BCUT2D eigenvalue weighted by molar-refractivity contribution is 7.90. The summed E-state index contributed by atoms with van der Waals surface area (Å²) < 4.78 is 52.5. The number of benzene rings is 2. The molecular weight excluding hydrogens is 559 g/mol. The lowest BCUT2D eigenvalue weighted by Crippen LogP contribution is -2.51. The van der Waals surface area contributed by atoms with E-state index < -0.39 is 15.7 Å². The van der Waals surface area contributed by atoms with E-state index in [9.17, 15) is 17.6 Å². The van der Waals surface area contributed by atoms with E-state index in [0.29, 0.717) is 34.6 Å². The van der Waals surface area contributed by atoms with Crippen molar-refractivity contribution in [2.24, 2.45) is 7.05 Å². The second-order valence-corrected chi connectivity index (χ2v) is 13.2. The van der Waals surface area contributed by atoms with Gasteiger partial charge in [-0.1, -0.05) is 12.1 Å². The maximum atomic E-state index is 14.5. The first-order valence-electron chi connectivity index (χ1n) is 14.2. The van der Waals surface area contributed by atoms with E-state index in [-0.39, 0.29) is 22.0 Å². The van der Waals surface area contributed by atoms with Crippen molar-refractivity contribution in [3.8, 4) is 22.6 Å². The van der Waals surface area contributed by atoms with E-state index in [1.165, 1.54) is 34.9 Å². The van der Waals surface area contributed by atoms with Crippen LogP contribution >= 0.6 is 0 Å². The number of hydrogen-bond donors (Lipinski definition) is 1. The highest BCUT2D eigenvalue weighted by Gasteiger charge is 2.26. The number of H-pyrrole nitrogens is 1. The Labute approximate surface area is 244 Å². The lowest BCUT2D eigenvalue weighted by molar-refractivity contribution is 0.0125. The maximum Gasteiger partial charge on any atom is 0.274 e. The van der Waals surface area contributed by atoms with Crippen molar-refractivity contribution in [3.63, 3.8) is 0 Å². The number of aromatic amines is 1. The minimum absolute atomic E-state index is 0.0153. The standard InChI is InChI=1S/C31H35FN4O5S/c1-34-20-26(24-18-23(42(2,38)39)7-8-28(24)41-29-6-4-3-5-27(29)32)25-17-21(33-30(25)31(34)37)19-35-11-13-36(14-12-35)22-9-15-40-16-10-22/h3-8,17-18,20,22,33H,9-16,19H2,1-2H3. The van der Waals surface area contributed by atoms with Gasteiger partial charge in [-0.05, 0) is 49.2 Å². The largest absolute Gasteiger partial charge is 0.454 e. The molecule has 1 N–H and O–H groups in total. The number of rotatable bonds is 7. The van der Waals surface area contributed by atoms with Gasteiger partial charge in [0.25, 0.3) is 5.56 Å². The summed E-state index contributed by atoms with van der Waals surface area (Å²) in [5, 5.41) is 0.651. The number of sulfone groups is 1. The first-order chi connectivity index (χ1) is 20.2. The molecule has 2 aliphatic rings. The Bertz CT molecular complexity index is 1770. The fraction of sp³-hybridized carbons (Fsp3) is 0.387. The highest BCUT2D eigenvalue weighted by atomic mass is 32.2. The molecule has 0 spiro atoms. The molecule has 4 aromatic rings. The number of fused-ring (bicyclic) bond motifs is 1. The van der Waals surface area contributed by atoms with E-state index in [0.717, 1.165) is 64.2 Å². The first-order valence-corrected chi connectivity index (χ1v) is 16.1. The predicted molar refractivity (Wildman–Crippen MR) is 159 cm³/mol. The highest BCUT2D eigenvalue weighted by Crippen LogP contribution is 2.39. The molecule has 0 aliphatic carbocycles. The number of pyridine rings is 1. The number of piperazine rings is 1. The molecule has 4 heterocycles. The quantitative estimate of drug-likeness (QED) is 0.343. The van der Waals surface area contributed by atoms with E-state index in [1.54, 1.807) is 25.4 Å². The molecule has 42 heavy (non-hydrogen) atoms. The summed E-state index contributed by atoms with van der Waals surface area (Å²) in [6, 6.07) is 13.1. The molecule has 2 aromatic carbocycles. The van der Waals surface area contributed by atoms with Crippen molar-refractivity contribution in [1.29, 1.82) is 0 Å². The first kappa shape index (κ1) is 28.6. The van der Waals surface area contributed by atoms with Gasteiger partial charge in [0.2, 0.25) is 0 Å². The van der Waals surface area contributed by atoms with Crippen LogP contribution in [-0.4, -0.2) is 79.5 Å². The van der Waals surface area contributed by atoms with Crippen LogP contribution in [0.4, 0.5) is 4.39 Å². The molecule has 0 amide bonds. The Kier molecular flexibility index (Phi) is 7.93. The third-order valence-electron chi connectivity index (χ3n) is 8.25. The van der Waals surface area contributed by atoms with Crippen LogP contribution in [0, 0.1) is 5.82 Å². The number of aromatic nitrogens is 2. The average molecular weight is 595 g/mol. The summed E-state index contributed by atoms with van der Waals surface area (Å²) in [5.74, 6) is -0.247. The molecule has 222 valence electrons. The lowest BCUT2D eigenvalue weighted by Gasteiger charge is -2.40. The van der Waals surface area contributed by atoms with Crippen LogP contribution in [0.3, 0.4) is 0 Å². The number of nitrogens with one attached hydrogen (secondary N) is 1. The van der Waals surface area contributed by atoms with Gasteiger partial charge >= 0.3 is 0 Å². The van der Waals surface area contributed by atoms with Gasteiger partial charge in [-0.3, -0.25) is 14.6 Å². The number of aryl methyl sites for hydroxylation is 1. The maximum absolute atomic E-state index is 14.5. The molecule has 11 heteroatoms. The normalized spacial score (nSPS) is 17.6. The molecule has 2 aromatic heterocycles. The van der Waals surface area contributed by atoms with E-state index >= 15 is 0 Å². The minimum Gasteiger partial charge on any atom is -0.454 e. The van der Waals surface area contributed by atoms with Gasteiger partial charge in [0.1, 0.15) is 11.3 Å². The van der Waals surface area contributed by atoms with Gasteiger partial charge in [0.15, 0.2) is 21.4 Å². The third kappa shape index (κ3) is 5.87. The van der Waals surface area contributed by atoms with Gasteiger partial charge in [0.05, 0.1) is 4.90 Å². The Morgan fingerprint density at radius 1 is 1.00 bits per heavy atom. The minimum atomic E-state index is -3.55. The lowest BCUT2D eigenvalue weighted by atomic mass is 10.0. The van der Waals surface area contributed by atoms with Crippen molar-refractivity contribution in [3.05, 3.63) is 76.6 Å². The zero-order valence-corrected chi connectivity index (χ0v) is 24.6. The molecule has 2 fully saturated rings. The summed E-state index contributed by atoms with van der Waals surface area (Å²) in [6.07, 6.45) is 4.97. The predicted octanol–water partition coefficient (Wildman–Crippen LogP) is 4.17. The third-order valence-corrected chi connectivity index (χ3v) is 9.36. The number of hydrogen-bond acceptors (Lipinski definition) is 7. The number of para-hydroxylation sites is 1. The summed E-state index contributed by atoms with van der Waals surface area (Å²) in [5.41, 5.74) is 2.17. The van der Waals surface area contributed by atoms with Crippen LogP contribution in [-0.2, 0) is 28.2 Å². The molecule has 0 radical (unpaired) electrons. The van der Waals surface area contributed by atoms with Gasteiger partial charge in [-0.2, -0.15) is 0 Å². The summed E-state index contributed by atoms with van der Waals surface area (Å²) in [7, 11) is -1.90. The molecule has 0 saturated carbocycles.